The normalized spacial score (nSPS) is 15.2. The van der Waals surface area contributed by atoms with Gasteiger partial charge in [0, 0.05) is 38.9 Å². The average molecular weight is 633 g/mol. The second-order valence-electron chi connectivity index (χ2n) is 12.3. The summed E-state index contributed by atoms with van der Waals surface area (Å²) >= 11 is 2.01. The number of hydrogen-bond donors (Lipinski definition) is 0. The van der Waals surface area contributed by atoms with Crippen molar-refractivity contribution in [2.75, 3.05) is 0 Å². The minimum atomic E-state index is 0.399. The number of rotatable bonds is 4. The van der Waals surface area contributed by atoms with Crippen LogP contribution in [0, 0.1) is 0 Å². The number of fused-ring (bicyclic) bond motifs is 10. The van der Waals surface area contributed by atoms with E-state index in [4.69, 9.17) is 15.0 Å². The third-order valence-electron chi connectivity index (χ3n) is 9.56. The van der Waals surface area contributed by atoms with Crippen molar-refractivity contribution in [1.29, 1.82) is 0 Å². The SMILES string of the molecule is C1=CCC2Sc3c(c4c(c5ccccc35)c3cc(-c5ccccc5)ccc3n4-c3cc(-c4ccccn4)nc(-c4ccccn4)c3)C2=C1. The zero-order valence-electron chi connectivity index (χ0n) is 25.9. The number of hydrogen-bond acceptors (Lipinski definition) is 4. The van der Waals surface area contributed by atoms with E-state index in [0.29, 0.717) is 5.25 Å². The zero-order valence-corrected chi connectivity index (χ0v) is 26.7. The second-order valence-corrected chi connectivity index (χ2v) is 13.5. The van der Waals surface area contributed by atoms with E-state index in [9.17, 15) is 0 Å². The van der Waals surface area contributed by atoms with Crippen molar-refractivity contribution in [2.45, 2.75) is 16.6 Å². The van der Waals surface area contributed by atoms with E-state index in [1.807, 2.05) is 60.6 Å². The molecule has 0 spiro atoms. The molecule has 1 aliphatic heterocycles. The van der Waals surface area contributed by atoms with Gasteiger partial charge >= 0.3 is 0 Å². The zero-order chi connectivity index (χ0) is 31.6. The van der Waals surface area contributed by atoms with Gasteiger partial charge in [-0.3, -0.25) is 9.97 Å². The van der Waals surface area contributed by atoms with Crippen LogP contribution < -0.4 is 0 Å². The van der Waals surface area contributed by atoms with Crippen molar-refractivity contribution in [1.82, 2.24) is 19.5 Å². The molecule has 4 aromatic heterocycles. The number of nitrogens with zero attached hydrogens (tertiary/aromatic N) is 4. The number of aromatic nitrogens is 4. The average Bonchev–Trinajstić information content (AvgIpc) is 3.72. The minimum absolute atomic E-state index is 0.399. The van der Waals surface area contributed by atoms with Crippen molar-refractivity contribution in [3.63, 3.8) is 0 Å². The predicted octanol–water partition coefficient (Wildman–Crippen LogP) is 10.9. The largest absolute Gasteiger partial charge is 0.308 e. The molecule has 0 amide bonds. The van der Waals surface area contributed by atoms with Crippen molar-refractivity contribution < 1.29 is 0 Å². The Bertz CT molecular complexity index is 2550. The lowest BCUT2D eigenvalue weighted by Gasteiger charge is -2.16. The molecule has 0 radical (unpaired) electrons. The Balaban J connectivity index is 1.38. The maximum Gasteiger partial charge on any atom is 0.0915 e. The van der Waals surface area contributed by atoms with E-state index < -0.39 is 0 Å². The van der Waals surface area contributed by atoms with Gasteiger partial charge < -0.3 is 4.57 Å². The molecule has 1 unspecified atom stereocenters. The molecule has 5 heteroatoms. The molecule has 4 nitrogen and oxygen atoms in total. The Morgan fingerprint density at radius 3 is 2.06 bits per heavy atom. The number of allylic oxidation sites excluding steroid dienone is 3. The lowest BCUT2D eigenvalue weighted by molar-refractivity contribution is 1.08. The molecule has 0 N–H and O–H groups in total. The molecule has 0 saturated heterocycles. The van der Waals surface area contributed by atoms with E-state index >= 15 is 0 Å². The highest BCUT2D eigenvalue weighted by atomic mass is 32.2. The molecular formula is C43H28N4S. The van der Waals surface area contributed by atoms with Gasteiger partial charge in [0.25, 0.3) is 0 Å². The van der Waals surface area contributed by atoms with E-state index in [0.717, 1.165) is 40.4 Å². The molecular weight excluding hydrogens is 605 g/mol. The van der Waals surface area contributed by atoms with Crippen LogP contribution in [0.25, 0.3) is 77.7 Å². The number of pyridine rings is 3. The van der Waals surface area contributed by atoms with Gasteiger partial charge in [0.1, 0.15) is 0 Å². The fourth-order valence-corrected chi connectivity index (χ4v) is 8.91. The van der Waals surface area contributed by atoms with E-state index in [1.165, 1.54) is 54.2 Å². The Kier molecular flexibility index (Phi) is 6.21. The molecule has 8 aromatic rings. The summed E-state index contributed by atoms with van der Waals surface area (Å²) in [6.45, 7) is 0. The van der Waals surface area contributed by atoms with Crippen LogP contribution in [0.5, 0.6) is 0 Å². The first-order valence-corrected chi connectivity index (χ1v) is 17.2. The predicted molar refractivity (Wildman–Crippen MR) is 199 cm³/mol. The Labute approximate surface area is 282 Å². The minimum Gasteiger partial charge on any atom is -0.308 e. The maximum absolute atomic E-state index is 5.12. The summed E-state index contributed by atoms with van der Waals surface area (Å²) in [6.07, 6.45) is 11.6. The quantitative estimate of drug-likeness (QED) is 0.194. The first-order valence-electron chi connectivity index (χ1n) is 16.3. The summed E-state index contributed by atoms with van der Waals surface area (Å²) in [7, 11) is 0. The van der Waals surface area contributed by atoms with Gasteiger partial charge in [-0.1, -0.05) is 91.0 Å². The number of thioether (sulfide) groups is 1. The molecule has 0 saturated carbocycles. The smallest absolute Gasteiger partial charge is 0.0915 e. The van der Waals surface area contributed by atoms with Crippen molar-refractivity contribution in [3.05, 3.63) is 158 Å². The summed E-state index contributed by atoms with van der Waals surface area (Å²) in [4.78, 5) is 15.9. The van der Waals surface area contributed by atoms with Gasteiger partial charge in [0.05, 0.1) is 39.5 Å². The summed E-state index contributed by atoms with van der Waals surface area (Å²) in [6, 6.07) is 42.9. The third-order valence-corrected chi connectivity index (χ3v) is 11.0. The van der Waals surface area contributed by atoms with Crippen LogP contribution in [-0.2, 0) is 0 Å². The molecule has 2 aliphatic rings. The summed E-state index contributed by atoms with van der Waals surface area (Å²) in [5, 5.41) is 5.52. The van der Waals surface area contributed by atoms with Crippen LogP contribution in [0.1, 0.15) is 12.0 Å². The van der Waals surface area contributed by atoms with Gasteiger partial charge in [0.15, 0.2) is 0 Å². The molecule has 48 heavy (non-hydrogen) atoms. The van der Waals surface area contributed by atoms with Crippen molar-refractivity contribution in [2.24, 2.45) is 0 Å². The Morgan fingerprint density at radius 2 is 1.33 bits per heavy atom. The molecule has 4 aromatic carbocycles. The lowest BCUT2D eigenvalue weighted by Crippen LogP contribution is -2.03. The van der Waals surface area contributed by atoms with Gasteiger partial charge in [0.2, 0.25) is 0 Å². The molecule has 0 bridgehead atoms. The van der Waals surface area contributed by atoms with Crippen LogP contribution in [0.4, 0.5) is 0 Å². The monoisotopic (exact) mass is 632 g/mol. The summed E-state index contributed by atoms with van der Waals surface area (Å²) in [5.74, 6) is 0. The molecule has 1 aliphatic carbocycles. The van der Waals surface area contributed by atoms with Crippen LogP contribution in [-0.4, -0.2) is 24.8 Å². The lowest BCUT2D eigenvalue weighted by atomic mass is 9.91. The topological polar surface area (TPSA) is 43.6 Å². The van der Waals surface area contributed by atoms with Gasteiger partial charge in [-0.2, -0.15) is 0 Å². The van der Waals surface area contributed by atoms with Gasteiger partial charge in [-0.05, 0) is 82.4 Å². The van der Waals surface area contributed by atoms with Gasteiger partial charge in [-0.15, -0.1) is 11.8 Å². The molecule has 226 valence electrons. The fourth-order valence-electron chi connectivity index (χ4n) is 7.45. The maximum atomic E-state index is 5.12. The molecule has 1 atom stereocenters. The molecule has 10 rings (SSSR count). The van der Waals surface area contributed by atoms with Gasteiger partial charge in [-0.25, -0.2) is 4.98 Å². The summed E-state index contributed by atoms with van der Waals surface area (Å²) in [5.41, 5.74) is 11.9. The van der Waals surface area contributed by atoms with Crippen molar-refractivity contribution in [3.8, 4) is 39.6 Å². The highest BCUT2D eigenvalue weighted by Gasteiger charge is 2.34. The van der Waals surface area contributed by atoms with Crippen LogP contribution >= 0.6 is 11.8 Å². The summed E-state index contributed by atoms with van der Waals surface area (Å²) < 4.78 is 2.48. The second kappa shape index (κ2) is 10.9. The molecule has 5 heterocycles. The van der Waals surface area contributed by atoms with Crippen molar-refractivity contribution >= 4 is 49.9 Å². The standard InChI is InChI=1S/C43H28N4S/c1-2-12-27(13-3-1)28-20-21-38-33(24-28)40-30-14-4-5-15-31(30)43-41(32-16-6-7-19-39(32)48-43)42(40)47(38)29-25-36(34-17-8-10-22-44-34)46-37(26-29)35-18-9-11-23-45-35/h1-18,20-26,39H,19H2. The first-order chi connectivity index (χ1) is 23.8. The third kappa shape index (κ3) is 4.21. The highest BCUT2D eigenvalue weighted by molar-refractivity contribution is 8.01. The Morgan fingerprint density at radius 1 is 0.625 bits per heavy atom. The van der Waals surface area contributed by atoms with Crippen LogP contribution in [0.2, 0.25) is 0 Å². The van der Waals surface area contributed by atoms with E-state index in [2.05, 4.69) is 108 Å². The fraction of sp³-hybridized carbons (Fsp3) is 0.0465. The van der Waals surface area contributed by atoms with Crippen LogP contribution in [0.15, 0.2) is 157 Å². The first kappa shape index (κ1) is 27.3. The molecule has 0 fully saturated rings. The highest BCUT2D eigenvalue weighted by Crippen LogP contribution is 2.55. The Hall–Kier alpha value is -5.78. The van der Waals surface area contributed by atoms with E-state index in [1.54, 1.807) is 0 Å². The van der Waals surface area contributed by atoms with E-state index in [-0.39, 0.29) is 0 Å². The van der Waals surface area contributed by atoms with Crippen LogP contribution in [0.3, 0.4) is 0 Å². The number of benzene rings is 4.